The maximum Gasteiger partial charge on any atom is 0.135 e. The Kier molecular flexibility index (Phi) is 19.6. The molecule has 0 saturated carbocycles. The van der Waals surface area contributed by atoms with E-state index in [0.29, 0.717) is 0 Å². The third kappa shape index (κ3) is 14.4. The molecule has 4 nitrogen and oxygen atoms in total. The molecule has 0 aromatic heterocycles. The van der Waals surface area contributed by atoms with Gasteiger partial charge in [0.15, 0.2) is 0 Å². The molecular formula is C136H88O4. The molecule has 30 aromatic rings. The standard InChI is InChI=1S/3C44H26O.C4H10O/c3*1-3-9-29-23-37-33(19-27(29)7-1)15-17-35-21-31-11-5-13-43(41(31)25-39(35)37)45-44-14-6-12-32-22-36-18-16-34-20-28-8-2-4-10-30(28)24-38(34)40(36)26-42(32)44;1-3-5-4-2/h3*1-26H;3-4H2,1-2H3. The lowest BCUT2D eigenvalue weighted by Gasteiger charge is -2.14. The summed E-state index contributed by atoms with van der Waals surface area (Å²) >= 11 is 0. The summed E-state index contributed by atoms with van der Waals surface area (Å²) in [5.41, 5.74) is 0. The summed E-state index contributed by atoms with van der Waals surface area (Å²) in [6, 6.07) is 172. The number of rotatable bonds is 8. The minimum Gasteiger partial charge on any atom is -0.456 e. The largest absolute Gasteiger partial charge is 0.456 e. The van der Waals surface area contributed by atoms with Crippen LogP contribution in [-0.4, -0.2) is 13.2 Å². The summed E-state index contributed by atoms with van der Waals surface area (Å²) in [5.74, 6) is 5.19. The second kappa shape index (κ2) is 33.6. The van der Waals surface area contributed by atoms with Gasteiger partial charge in [-0.1, -0.05) is 291 Å². The van der Waals surface area contributed by atoms with E-state index in [2.05, 4.69) is 473 Å². The van der Waals surface area contributed by atoms with Gasteiger partial charge in [0.05, 0.1) is 0 Å². The zero-order valence-corrected chi connectivity index (χ0v) is 77.1. The predicted octanol–water partition coefficient (Wildman–Crippen LogP) is 39.2. The molecule has 0 heterocycles. The van der Waals surface area contributed by atoms with Crippen molar-refractivity contribution >= 4 is 259 Å². The normalized spacial score (nSPS) is 11.9. The first-order valence-electron chi connectivity index (χ1n) is 48.5. The predicted molar refractivity (Wildman–Crippen MR) is 601 cm³/mol. The first kappa shape index (κ1) is 81.7. The molecule has 0 atom stereocenters. The molecule has 30 rings (SSSR count). The first-order chi connectivity index (χ1) is 69.2. The Bertz CT molecular complexity index is 8950. The zero-order valence-electron chi connectivity index (χ0n) is 77.1. The molecule has 0 saturated heterocycles. The van der Waals surface area contributed by atoms with Crippen molar-refractivity contribution in [1.29, 1.82) is 0 Å². The van der Waals surface area contributed by atoms with Gasteiger partial charge >= 0.3 is 0 Å². The van der Waals surface area contributed by atoms with Gasteiger partial charge in [-0.05, 0) is 422 Å². The van der Waals surface area contributed by atoms with Gasteiger partial charge in [-0.15, -0.1) is 0 Å². The molecule has 30 aromatic carbocycles. The highest BCUT2D eigenvalue weighted by molar-refractivity contribution is 6.24. The molecule has 0 aliphatic heterocycles. The van der Waals surface area contributed by atoms with Crippen molar-refractivity contribution < 1.29 is 18.9 Å². The monoisotopic (exact) mass is 1780 g/mol. The van der Waals surface area contributed by atoms with Crippen molar-refractivity contribution in [3.8, 4) is 34.5 Å². The Morgan fingerprint density at radius 2 is 0.221 bits per heavy atom. The van der Waals surface area contributed by atoms with Gasteiger partial charge in [-0.25, -0.2) is 0 Å². The topological polar surface area (TPSA) is 36.9 Å². The molecule has 4 heteroatoms. The van der Waals surface area contributed by atoms with E-state index < -0.39 is 0 Å². The van der Waals surface area contributed by atoms with E-state index in [9.17, 15) is 0 Å². The molecule has 0 fully saturated rings. The summed E-state index contributed by atoms with van der Waals surface area (Å²) in [6.45, 7) is 5.67. The van der Waals surface area contributed by atoms with Crippen LogP contribution in [0.3, 0.4) is 0 Å². The van der Waals surface area contributed by atoms with E-state index in [4.69, 9.17) is 18.9 Å². The highest BCUT2D eigenvalue weighted by atomic mass is 16.5. The fourth-order valence-corrected chi connectivity index (χ4v) is 22.1. The van der Waals surface area contributed by atoms with Crippen LogP contribution in [0, 0.1) is 0 Å². The van der Waals surface area contributed by atoms with E-state index >= 15 is 0 Å². The van der Waals surface area contributed by atoms with Crippen molar-refractivity contribution in [1.82, 2.24) is 0 Å². The van der Waals surface area contributed by atoms with Gasteiger partial charge in [-0.2, -0.15) is 0 Å². The minimum absolute atomic E-state index is 0.844. The molecule has 0 amide bonds. The summed E-state index contributed by atoms with van der Waals surface area (Å²) in [4.78, 5) is 0. The molecule has 656 valence electrons. The summed E-state index contributed by atoms with van der Waals surface area (Å²) < 4.78 is 25.4. The molecule has 0 aliphatic rings. The maximum atomic E-state index is 6.87. The van der Waals surface area contributed by atoms with E-state index in [1.165, 1.54) is 226 Å². The van der Waals surface area contributed by atoms with Gasteiger partial charge in [-0.3, -0.25) is 0 Å². The average molecular weight is 1790 g/mol. The van der Waals surface area contributed by atoms with Crippen LogP contribution >= 0.6 is 0 Å². The molecule has 0 spiro atoms. The second-order valence-corrected chi connectivity index (χ2v) is 37.3. The second-order valence-electron chi connectivity index (χ2n) is 37.3. The van der Waals surface area contributed by atoms with Crippen LogP contribution in [0.2, 0.25) is 0 Å². The Balaban J connectivity index is 0.000000103. The van der Waals surface area contributed by atoms with Crippen molar-refractivity contribution in [2.75, 3.05) is 13.2 Å². The summed E-state index contributed by atoms with van der Waals surface area (Å²) in [7, 11) is 0. The van der Waals surface area contributed by atoms with Crippen molar-refractivity contribution in [3.63, 3.8) is 0 Å². The minimum atomic E-state index is 0.844. The van der Waals surface area contributed by atoms with E-state index in [-0.39, 0.29) is 0 Å². The van der Waals surface area contributed by atoms with Crippen molar-refractivity contribution in [3.05, 3.63) is 473 Å². The van der Waals surface area contributed by atoms with Gasteiger partial charge < -0.3 is 18.9 Å². The van der Waals surface area contributed by atoms with Gasteiger partial charge in [0.25, 0.3) is 0 Å². The molecule has 140 heavy (non-hydrogen) atoms. The summed E-state index contributed by atoms with van der Waals surface area (Å²) in [6.07, 6.45) is 0. The zero-order chi connectivity index (χ0) is 92.6. The Labute approximate surface area is 806 Å². The van der Waals surface area contributed by atoms with Crippen LogP contribution in [-0.2, 0) is 4.74 Å². The highest BCUT2D eigenvalue weighted by Crippen LogP contribution is 2.47. The van der Waals surface area contributed by atoms with Crippen LogP contribution in [0.25, 0.3) is 259 Å². The van der Waals surface area contributed by atoms with Crippen molar-refractivity contribution in [2.24, 2.45) is 0 Å². The van der Waals surface area contributed by atoms with Crippen LogP contribution in [0.1, 0.15) is 13.8 Å². The fourth-order valence-electron chi connectivity index (χ4n) is 22.1. The summed E-state index contributed by atoms with van der Waals surface area (Å²) in [5, 5.41) is 58.7. The first-order valence-corrected chi connectivity index (χ1v) is 48.5. The van der Waals surface area contributed by atoms with Gasteiger partial charge in [0.1, 0.15) is 34.5 Å². The fraction of sp³-hybridized carbons (Fsp3) is 0.0294. The SMILES string of the molecule is CCOCC.c1ccc2cc3c(ccc4cc5cccc(Oc6cccc7cc8ccc9cc%10ccccc%10cc9c8cc67)c5cc43)cc2c1.c1ccc2cc3c(ccc4cc5cccc(Oc6cccc7cc8ccc9cc%10ccccc%10cc9c8cc67)c5cc43)cc2c1.c1ccc2cc3c(ccc4cc5cccc(Oc6cccc7cc8ccc9cc%10ccccc%10cc9c8cc67)c5cc43)cc2c1. The van der Waals surface area contributed by atoms with E-state index in [0.717, 1.165) is 80.0 Å². The molecule has 0 aliphatic carbocycles. The maximum absolute atomic E-state index is 6.87. The molecule has 0 N–H and O–H groups in total. The van der Waals surface area contributed by atoms with Gasteiger partial charge in [0.2, 0.25) is 0 Å². The average Bonchev–Trinajstić information content (AvgIpc) is 0.763. The lowest BCUT2D eigenvalue weighted by atomic mass is 9.95. The van der Waals surface area contributed by atoms with E-state index in [1.807, 2.05) is 13.8 Å². The molecular weight excluding hydrogens is 1700 g/mol. The smallest absolute Gasteiger partial charge is 0.135 e. The third-order valence-electron chi connectivity index (χ3n) is 29.0. The van der Waals surface area contributed by atoms with E-state index in [1.54, 1.807) is 0 Å². The van der Waals surface area contributed by atoms with Crippen molar-refractivity contribution in [2.45, 2.75) is 13.8 Å². The third-order valence-corrected chi connectivity index (χ3v) is 29.0. The number of hydrogen-bond acceptors (Lipinski definition) is 4. The lowest BCUT2D eigenvalue weighted by molar-refractivity contribution is 0.162. The molecule has 0 bridgehead atoms. The number of fused-ring (bicyclic) bond motifs is 30. The quantitative estimate of drug-likeness (QED) is 0.112. The Morgan fingerprint density at radius 1 is 0.107 bits per heavy atom. The van der Waals surface area contributed by atoms with Gasteiger partial charge in [0, 0.05) is 45.5 Å². The van der Waals surface area contributed by atoms with Crippen LogP contribution in [0.15, 0.2) is 473 Å². The Hall–Kier alpha value is -17.8. The highest BCUT2D eigenvalue weighted by Gasteiger charge is 2.20. The number of ether oxygens (including phenoxy) is 4. The van der Waals surface area contributed by atoms with Crippen LogP contribution < -0.4 is 14.2 Å². The Morgan fingerprint density at radius 3 is 0.357 bits per heavy atom. The van der Waals surface area contributed by atoms with Crippen LogP contribution in [0.4, 0.5) is 0 Å². The van der Waals surface area contributed by atoms with Crippen LogP contribution in [0.5, 0.6) is 34.5 Å². The molecule has 0 radical (unpaired) electrons. The number of benzene rings is 30. The number of hydrogen-bond donors (Lipinski definition) is 0. The lowest BCUT2D eigenvalue weighted by Crippen LogP contribution is -1.89. The molecule has 0 unspecified atom stereocenters.